The molecule has 5 N–H and O–H groups in total. The summed E-state index contributed by atoms with van der Waals surface area (Å²) >= 11 is 0. The molecule has 4 aromatic carbocycles. The zero-order valence-electron chi connectivity index (χ0n) is 25.4. The van der Waals surface area contributed by atoms with Crippen molar-refractivity contribution in [1.29, 1.82) is 5.41 Å². The van der Waals surface area contributed by atoms with Crippen molar-refractivity contribution in [2.45, 2.75) is 32.1 Å². The van der Waals surface area contributed by atoms with E-state index < -0.39 is 11.7 Å². The highest BCUT2D eigenvalue weighted by molar-refractivity contribution is 5.97. The maximum atomic E-state index is 13.7. The third-order valence-electron chi connectivity index (χ3n) is 8.07. The van der Waals surface area contributed by atoms with Crippen LogP contribution < -0.4 is 20.9 Å². The van der Waals surface area contributed by atoms with Crippen LogP contribution in [0.15, 0.2) is 84.9 Å². The number of benzene rings is 4. The van der Waals surface area contributed by atoms with E-state index in [1.807, 2.05) is 48.5 Å². The van der Waals surface area contributed by atoms with Crippen LogP contribution in [0.5, 0.6) is 11.5 Å². The number of alkyl halides is 3. The summed E-state index contributed by atoms with van der Waals surface area (Å²) in [4.78, 5) is 20.1. The third kappa shape index (κ3) is 7.07. The lowest BCUT2D eigenvalue weighted by atomic mass is 10.1. The van der Waals surface area contributed by atoms with E-state index in [2.05, 4.69) is 4.57 Å². The normalized spacial score (nSPS) is 12.4. The van der Waals surface area contributed by atoms with E-state index in [-0.39, 0.29) is 38.2 Å². The van der Waals surface area contributed by atoms with Gasteiger partial charge in [0, 0.05) is 43.7 Å². The van der Waals surface area contributed by atoms with Gasteiger partial charge >= 0.3 is 6.18 Å². The fraction of sp³-hybridized carbons (Fsp3) is 0.229. The van der Waals surface area contributed by atoms with Gasteiger partial charge in [-0.05, 0) is 65.6 Å². The first-order valence-electron chi connectivity index (χ1n) is 15.1. The SMILES string of the molecule is N=C(N)c1ccc(CCc2nc3cc(C(=O)N(CCN)Cc4cccc(C(F)(F)F)c4)ccc3n2Cc2ccc3c(c2)OCO3)cc1. The minimum Gasteiger partial charge on any atom is -0.454 e. The van der Waals surface area contributed by atoms with Crippen LogP contribution in [0.3, 0.4) is 0 Å². The van der Waals surface area contributed by atoms with Crippen molar-refractivity contribution in [2.24, 2.45) is 11.5 Å². The quantitative estimate of drug-likeness (QED) is 0.129. The second-order valence-corrected chi connectivity index (χ2v) is 11.3. The van der Waals surface area contributed by atoms with Crippen LogP contribution in [0.2, 0.25) is 0 Å². The van der Waals surface area contributed by atoms with Crippen molar-refractivity contribution in [2.75, 3.05) is 19.9 Å². The Kier molecular flexibility index (Phi) is 8.86. The van der Waals surface area contributed by atoms with Gasteiger partial charge in [0.25, 0.3) is 5.91 Å². The molecule has 242 valence electrons. The number of halogens is 3. The number of hydrogen-bond acceptors (Lipinski definition) is 6. The molecule has 0 saturated carbocycles. The maximum absolute atomic E-state index is 13.7. The Morgan fingerprint density at radius 1 is 0.894 bits per heavy atom. The lowest BCUT2D eigenvalue weighted by Gasteiger charge is -2.23. The molecule has 1 amide bonds. The number of carbonyl (C=O) groups excluding carboxylic acids is 1. The van der Waals surface area contributed by atoms with E-state index >= 15 is 0 Å². The molecule has 9 nitrogen and oxygen atoms in total. The van der Waals surface area contributed by atoms with Gasteiger partial charge in [-0.2, -0.15) is 13.2 Å². The molecule has 0 atom stereocenters. The Hall–Kier alpha value is -5.36. The van der Waals surface area contributed by atoms with Gasteiger partial charge in [-0.1, -0.05) is 42.5 Å². The van der Waals surface area contributed by atoms with E-state index in [1.54, 1.807) is 18.2 Å². The number of nitrogens with two attached hydrogens (primary N) is 2. The average molecular weight is 643 g/mol. The summed E-state index contributed by atoms with van der Waals surface area (Å²) in [5.41, 5.74) is 15.5. The minimum absolute atomic E-state index is 0.00674. The summed E-state index contributed by atoms with van der Waals surface area (Å²) in [5.74, 6) is 1.82. The van der Waals surface area contributed by atoms with Gasteiger partial charge in [-0.25, -0.2) is 4.98 Å². The van der Waals surface area contributed by atoms with E-state index in [9.17, 15) is 18.0 Å². The first-order valence-corrected chi connectivity index (χ1v) is 15.1. The van der Waals surface area contributed by atoms with Gasteiger partial charge in [0.05, 0.1) is 16.6 Å². The summed E-state index contributed by atoms with van der Waals surface area (Å²) < 4.78 is 53.1. The first kappa shape index (κ1) is 31.6. The van der Waals surface area contributed by atoms with Crippen molar-refractivity contribution in [3.63, 3.8) is 0 Å². The summed E-state index contributed by atoms with van der Waals surface area (Å²) in [5, 5.41) is 7.64. The minimum atomic E-state index is -4.49. The number of rotatable bonds is 11. The molecule has 5 aromatic rings. The van der Waals surface area contributed by atoms with Gasteiger partial charge in [0.2, 0.25) is 6.79 Å². The number of aromatic nitrogens is 2. The number of fused-ring (bicyclic) bond motifs is 2. The predicted octanol–water partition coefficient (Wildman–Crippen LogP) is 5.50. The summed E-state index contributed by atoms with van der Waals surface area (Å²) in [6.07, 6.45) is -3.22. The molecule has 0 fully saturated rings. The number of imidazole rings is 1. The number of carbonyl (C=O) groups is 1. The zero-order valence-corrected chi connectivity index (χ0v) is 25.4. The topological polar surface area (TPSA) is 132 Å². The van der Waals surface area contributed by atoms with Crippen LogP contribution in [0.1, 0.15) is 44.0 Å². The van der Waals surface area contributed by atoms with E-state index in [0.29, 0.717) is 53.1 Å². The number of amidine groups is 1. The number of nitrogen functional groups attached to an aromatic ring is 1. The molecule has 0 radical (unpaired) electrons. The molecule has 6 rings (SSSR count). The number of amides is 1. The number of aryl methyl sites for hydroxylation is 2. The number of ether oxygens (including phenoxy) is 2. The van der Waals surface area contributed by atoms with E-state index in [1.165, 1.54) is 11.0 Å². The van der Waals surface area contributed by atoms with Crippen LogP contribution in [-0.2, 0) is 32.1 Å². The van der Waals surface area contributed by atoms with Crippen molar-refractivity contribution in [3.05, 3.63) is 124 Å². The van der Waals surface area contributed by atoms with Crippen molar-refractivity contribution in [3.8, 4) is 11.5 Å². The highest BCUT2D eigenvalue weighted by atomic mass is 19.4. The monoisotopic (exact) mass is 642 g/mol. The highest BCUT2D eigenvalue weighted by Crippen LogP contribution is 2.33. The van der Waals surface area contributed by atoms with E-state index in [0.717, 1.165) is 34.6 Å². The van der Waals surface area contributed by atoms with Crippen LogP contribution in [0.25, 0.3) is 11.0 Å². The Labute approximate surface area is 269 Å². The lowest BCUT2D eigenvalue weighted by molar-refractivity contribution is -0.137. The molecule has 47 heavy (non-hydrogen) atoms. The Morgan fingerprint density at radius 2 is 1.64 bits per heavy atom. The van der Waals surface area contributed by atoms with Gasteiger partial charge in [0.1, 0.15) is 11.7 Å². The Morgan fingerprint density at radius 3 is 2.38 bits per heavy atom. The fourth-order valence-electron chi connectivity index (χ4n) is 5.67. The largest absolute Gasteiger partial charge is 0.454 e. The number of nitrogens with zero attached hydrogens (tertiary/aromatic N) is 3. The van der Waals surface area contributed by atoms with Crippen LogP contribution >= 0.6 is 0 Å². The van der Waals surface area contributed by atoms with E-state index in [4.69, 9.17) is 31.3 Å². The van der Waals surface area contributed by atoms with Crippen molar-refractivity contribution in [1.82, 2.24) is 14.5 Å². The van der Waals surface area contributed by atoms with Gasteiger partial charge in [-0.15, -0.1) is 0 Å². The Bertz CT molecular complexity index is 1940. The third-order valence-corrected chi connectivity index (χ3v) is 8.07. The van der Waals surface area contributed by atoms with Crippen molar-refractivity contribution < 1.29 is 27.4 Å². The number of nitrogens with one attached hydrogen (secondary N) is 1. The molecule has 0 aliphatic carbocycles. The molecule has 0 spiro atoms. The molecule has 2 heterocycles. The lowest BCUT2D eigenvalue weighted by Crippen LogP contribution is -2.35. The second kappa shape index (κ2) is 13.2. The zero-order chi connectivity index (χ0) is 33.1. The Balaban J connectivity index is 1.30. The molecular formula is C35H33F3N6O3. The van der Waals surface area contributed by atoms with Gasteiger partial charge in [-0.3, -0.25) is 10.2 Å². The molecule has 1 aliphatic heterocycles. The van der Waals surface area contributed by atoms with Gasteiger partial charge in [0.15, 0.2) is 11.5 Å². The molecule has 0 bridgehead atoms. The molecule has 1 aliphatic rings. The maximum Gasteiger partial charge on any atom is 0.416 e. The summed E-state index contributed by atoms with van der Waals surface area (Å²) in [6.45, 7) is 0.957. The first-order chi connectivity index (χ1) is 22.6. The highest BCUT2D eigenvalue weighted by Gasteiger charge is 2.30. The summed E-state index contributed by atoms with van der Waals surface area (Å²) in [6, 6.07) is 23.5. The molecule has 12 heteroatoms. The van der Waals surface area contributed by atoms with Crippen LogP contribution in [-0.4, -0.2) is 46.1 Å². The predicted molar refractivity (Wildman–Crippen MR) is 172 cm³/mol. The smallest absolute Gasteiger partial charge is 0.416 e. The number of hydrogen-bond donors (Lipinski definition) is 3. The standard InChI is InChI=1S/C35H33F3N6O3/c36-35(37,38)27-3-1-2-23(16-27)19-43(15-14-39)34(45)26-10-11-29-28(18-26)42-32(13-7-22-4-8-25(9-5-22)33(40)41)44(29)20-24-6-12-30-31(17-24)47-21-46-30/h1-6,8-12,16-18H,7,13-15,19-21,39H2,(H3,40,41). The average Bonchev–Trinajstić information content (AvgIpc) is 3.67. The summed E-state index contributed by atoms with van der Waals surface area (Å²) in [7, 11) is 0. The van der Waals surface area contributed by atoms with Gasteiger partial charge < -0.3 is 30.4 Å². The molecule has 0 unspecified atom stereocenters. The molecule has 1 aromatic heterocycles. The molecular weight excluding hydrogens is 609 g/mol. The van der Waals surface area contributed by atoms with Crippen LogP contribution in [0.4, 0.5) is 13.2 Å². The molecule has 0 saturated heterocycles. The second-order valence-electron chi connectivity index (χ2n) is 11.3. The van der Waals surface area contributed by atoms with Crippen LogP contribution in [0, 0.1) is 5.41 Å². The van der Waals surface area contributed by atoms with Crippen molar-refractivity contribution >= 4 is 22.8 Å². The fourth-order valence-corrected chi connectivity index (χ4v) is 5.67.